The number of carbonyl (C=O) groups excluding carboxylic acids is 1. The van der Waals surface area contributed by atoms with Crippen molar-refractivity contribution in [3.63, 3.8) is 0 Å². The van der Waals surface area contributed by atoms with E-state index in [1.54, 1.807) is 0 Å². The Bertz CT molecular complexity index is 236. The number of urea groups is 1. The molecule has 4 nitrogen and oxygen atoms in total. The Hall–Kier alpha value is -0.480. The molecule has 2 aliphatic rings. The number of likely N-dealkylation sites (tertiary alicyclic amines) is 1. The minimum Gasteiger partial charge on any atom is -0.335 e. The zero-order valence-corrected chi connectivity index (χ0v) is 11.2. The third kappa shape index (κ3) is 4.36. The molecule has 17 heavy (non-hydrogen) atoms. The van der Waals surface area contributed by atoms with Gasteiger partial charge in [-0.1, -0.05) is 19.3 Å². The largest absolute Gasteiger partial charge is 0.335 e. The molecule has 0 atom stereocenters. The Morgan fingerprint density at radius 1 is 1.06 bits per heavy atom. The van der Waals surface area contributed by atoms with E-state index in [0.29, 0.717) is 12.1 Å². The second kappa shape index (κ2) is 7.07. The Balaban J connectivity index is 0.00000144. The molecule has 2 rings (SSSR count). The van der Waals surface area contributed by atoms with Crippen LogP contribution >= 0.6 is 12.4 Å². The van der Waals surface area contributed by atoms with Gasteiger partial charge in [-0.2, -0.15) is 0 Å². The standard InChI is InChI=1S/C12H23N3O.ClH/c13-10-6-8-15(9-7-10)12(16)14-11-4-2-1-3-5-11;/h10-11H,1-9,13H2,(H,14,16);1H. The van der Waals surface area contributed by atoms with E-state index in [1.165, 1.54) is 19.3 Å². The summed E-state index contributed by atoms with van der Waals surface area (Å²) >= 11 is 0. The molecule has 1 saturated carbocycles. The number of nitrogens with one attached hydrogen (secondary N) is 1. The van der Waals surface area contributed by atoms with Crippen molar-refractivity contribution in [1.82, 2.24) is 10.2 Å². The van der Waals surface area contributed by atoms with E-state index in [2.05, 4.69) is 5.32 Å². The maximum atomic E-state index is 11.9. The van der Waals surface area contributed by atoms with E-state index in [9.17, 15) is 4.79 Å². The molecule has 1 heterocycles. The maximum absolute atomic E-state index is 11.9. The predicted octanol–water partition coefficient (Wildman–Crippen LogP) is 1.87. The molecule has 0 unspecified atom stereocenters. The molecule has 2 fully saturated rings. The molecule has 5 heteroatoms. The van der Waals surface area contributed by atoms with E-state index < -0.39 is 0 Å². The molecule has 1 aliphatic carbocycles. The van der Waals surface area contributed by atoms with Crippen molar-refractivity contribution < 1.29 is 4.79 Å². The van der Waals surface area contributed by atoms with Crippen molar-refractivity contribution in [2.45, 2.75) is 57.0 Å². The fraction of sp³-hybridized carbons (Fsp3) is 0.917. The zero-order valence-electron chi connectivity index (χ0n) is 10.4. The summed E-state index contributed by atoms with van der Waals surface area (Å²) in [5.41, 5.74) is 5.82. The van der Waals surface area contributed by atoms with Crippen molar-refractivity contribution in [2.75, 3.05) is 13.1 Å². The van der Waals surface area contributed by atoms with Crippen LogP contribution in [0.2, 0.25) is 0 Å². The molecule has 3 N–H and O–H groups in total. The summed E-state index contributed by atoms with van der Waals surface area (Å²) < 4.78 is 0. The van der Waals surface area contributed by atoms with Crippen molar-refractivity contribution in [3.8, 4) is 0 Å². The van der Waals surface area contributed by atoms with Gasteiger partial charge in [-0.3, -0.25) is 0 Å². The van der Waals surface area contributed by atoms with Gasteiger partial charge < -0.3 is 16.0 Å². The smallest absolute Gasteiger partial charge is 0.317 e. The molecule has 0 aromatic carbocycles. The molecule has 2 amide bonds. The first-order valence-corrected chi connectivity index (χ1v) is 6.57. The Labute approximate surface area is 110 Å². The first-order chi connectivity index (χ1) is 7.75. The van der Waals surface area contributed by atoms with Gasteiger partial charge in [-0.15, -0.1) is 12.4 Å². The van der Waals surface area contributed by atoms with E-state index in [1.807, 2.05) is 4.90 Å². The minimum absolute atomic E-state index is 0. The third-order valence-corrected chi connectivity index (χ3v) is 3.76. The van der Waals surface area contributed by atoms with Crippen LogP contribution in [0, 0.1) is 0 Å². The van der Waals surface area contributed by atoms with Crippen molar-refractivity contribution in [3.05, 3.63) is 0 Å². The van der Waals surface area contributed by atoms with Crippen LogP contribution in [-0.2, 0) is 0 Å². The van der Waals surface area contributed by atoms with Crippen LogP contribution in [0.15, 0.2) is 0 Å². The van der Waals surface area contributed by atoms with Crippen LogP contribution in [0.5, 0.6) is 0 Å². The lowest BCUT2D eigenvalue weighted by atomic mass is 9.95. The van der Waals surface area contributed by atoms with Gasteiger partial charge in [0.25, 0.3) is 0 Å². The second-order valence-corrected chi connectivity index (χ2v) is 5.11. The zero-order chi connectivity index (χ0) is 11.4. The fourth-order valence-corrected chi connectivity index (χ4v) is 2.62. The Morgan fingerprint density at radius 3 is 2.24 bits per heavy atom. The van der Waals surface area contributed by atoms with Gasteiger partial charge in [0.1, 0.15) is 0 Å². The van der Waals surface area contributed by atoms with Crippen molar-refractivity contribution in [1.29, 1.82) is 0 Å². The normalized spacial score (nSPS) is 23.0. The van der Waals surface area contributed by atoms with Crippen LogP contribution in [0.3, 0.4) is 0 Å². The maximum Gasteiger partial charge on any atom is 0.317 e. The minimum atomic E-state index is 0. The highest BCUT2D eigenvalue weighted by Gasteiger charge is 2.23. The van der Waals surface area contributed by atoms with Gasteiger partial charge in [0.05, 0.1) is 0 Å². The number of nitrogens with two attached hydrogens (primary N) is 1. The van der Waals surface area contributed by atoms with Crippen LogP contribution in [-0.4, -0.2) is 36.1 Å². The molecule has 0 radical (unpaired) electrons. The first kappa shape index (κ1) is 14.6. The molecule has 0 spiro atoms. The first-order valence-electron chi connectivity index (χ1n) is 6.57. The van der Waals surface area contributed by atoms with Gasteiger partial charge in [0.15, 0.2) is 0 Å². The molecule has 0 aromatic rings. The van der Waals surface area contributed by atoms with Gasteiger partial charge >= 0.3 is 6.03 Å². The van der Waals surface area contributed by atoms with E-state index >= 15 is 0 Å². The second-order valence-electron chi connectivity index (χ2n) is 5.11. The van der Waals surface area contributed by atoms with Crippen LogP contribution < -0.4 is 11.1 Å². The molecule has 0 bridgehead atoms. The molecule has 0 aromatic heterocycles. The molecule has 100 valence electrons. The van der Waals surface area contributed by atoms with E-state index in [4.69, 9.17) is 5.73 Å². The van der Waals surface area contributed by atoms with Crippen LogP contribution in [0.4, 0.5) is 4.79 Å². The quantitative estimate of drug-likeness (QED) is 0.757. The molecular weight excluding hydrogens is 238 g/mol. The average Bonchev–Trinajstić information content (AvgIpc) is 2.31. The Kier molecular flexibility index (Phi) is 6.06. The van der Waals surface area contributed by atoms with Crippen LogP contribution in [0.1, 0.15) is 44.9 Å². The number of amides is 2. The Morgan fingerprint density at radius 2 is 1.65 bits per heavy atom. The molecule has 1 aliphatic heterocycles. The van der Waals surface area contributed by atoms with Crippen molar-refractivity contribution >= 4 is 18.4 Å². The summed E-state index contributed by atoms with van der Waals surface area (Å²) in [6, 6.07) is 0.828. The third-order valence-electron chi connectivity index (χ3n) is 3.76. The highest BCUT2D eigenvalue weighted by Crippen LogP contribution is 2.18. The lowest BCUT2D eigenvalue weighted by molar-refractivity contribution is 0.175. The summed E-state index contributed by atoms with van der Waals surface area (Å²) in [6.45, 7) is 1.64. The number of piperidine rings is 1. The van der Waals surface area contributed by atoms with Gasteiger partial charge in [0, 0.05) is 25.2 Å². The molecular formula is C12H24ClN3O. The highest BCUT2D eigenvalue weighted by atomic mass is 35.5. The summed E-state index contributed by atoms with van der Waals surface area (Å²) in [4.78, 5) is 13.9. The number of halogens is 1. The average molecular weight is 262 g/mol. The predicted molar refractivity (Wildman–Crippen MR) is 71.4 cm³/mol. The number of rotatable bonds is 1. The summed E-state index contributed by atoms with van der Waals surface area (Å²) in [7, 11) is 0. The highest BCUT2D eigenvalue weighted by molar-refractivity contribution is 5.85. The van der Waals surface area contributed by atoms with Crippen molar-refractivity contribution in [2.24, 2.45) is 5.73 Å². The summed E-state index contributed by atoms with van der Waals surface area (Å²) in [5, 5.41) is 3.15. The molecule has 1 saturated heterocycles. The number of nitrogens with zero attached hydrogens (tertiary/aromatic N) is 1. The van der Waals surface area contributed by atoms with E-state index in [-0.39, 0.29) is 18.4 Å². The van der Waals surface area contributed by atoms with Gasteiger partial charge in [-0.25, -0.2) is 4.79 Å². The number of carbonyl (C=O) groups is 1. The number of hydrogen-bond donors (Lipinski definition) is 2. The lowest BCUT2D eigenvalue weighted by Gasteiger charge is -2.32. The SMILES string of the molecule is Cl.NC1CCN(C(=O)NC2CCCCC2)CC1. The van der Waals surface area contributed by atoms with Gasteiger partial charge in [-0.05, 0) is 25.7 Å². The topological polar surface area (TPSA) is 58.4 Å². The summed E-state index contributed by atoms with van der Waals surface area (Å²) in [6.07, 6.45) is 8.03. The van der Waals surface area contributed by atoms with Gasteiger partial charge in [0.2, 0.25) is 0 Å². The van der Waals surface area contributed by atoms with E-state index in [0.717, 1.165) is 38.8 Å². The summed E-state index contributed by atoms with van der Waals surface area (Å²) in [5.74, 6) is 0. The van der Waals surface area contributed by atoms with Crippen LogP contribution in [0.25, 0.3) is 0 Å². The lowest BCUT2D eigenvalue weighted by Crippen LogP contribution is -2.50. The monoisotopic (exact) mass is 261 g/mol. The number of hydrogen-bond acceptors (Lipinski definition) is 2. The fourth-order valence-electron chi connectivity index (χ4n) is 2.62.